The number of aromatic nitrogens is 2. The van der Waals surface area contributed by atoms with Gasteiger partial charge in [0.15, 0.2) is 0 Å². The van der Waals surface area contributed by atoms with E-state index in [1.807, 2.05) is 0 Å². The molecule has 0 aromatic carbocycles. The Balaban J connectivity index is 1.71. The lowest BCUT2D eigenvalue weighted by Crippen LogP contribution is -2.32. The molecular weight excluding hydrogens is 308 g/mol. The van der Waals surface area contributed by atoms with Crippen LogP contribution in [0.25, 0.3) is 10.2 Å². The minimum absolute atomic E-state index is 0.849. The zero-order chi connectivity index (χ0) is 16.1. The first-order chi connectivity index (χ1) is 11.3. The van der Waals surface area contributed by atoms with Gasteiger partial charge in [0.25, 0.3) is 0 Å². The maximum absolute atomic E-state index is 5.16. The first-order valence-electron chi connectivity index (χ1n) is 8.51. The predicted molar refractivity (Wildman–Crippen MR) is 96.6 cm³/mol. The predicted octanol–water partition coefficient (Wildman–Crippen LogP) is 2.80. The van der Waals surface area contributed by atoms with Crippen molar-refractivity contribution in [1.82, 2.24) is 14.9 Å². The van der Waals surface area contributed by atoms with E-state index in [-0.39, 0.29) is 0 Å². The summed E-state index contributed by atoms with van der Waals surface area (Å²) in [5, 5.41) is 1.22. The van der Waals surface area contributed by atoms with Crippen molar-refractivity contribution in [2.24, 2.45) is 0 Å². The van der Waals surface area contributed by atoms with Crippen molar-refractivity contribution >= 4 is 27.4 Å². The molecule has 0 atom stereocenters. The van der Waals surface area contributed by atoms with Crippen LogP contribution in [-0.4, -0.2) is 61.3 Å². The SMILES string of the molecule is CCc1cc2c(N3CCCN(CCCOC)CC3)ncnc2s1. The van der Waals surface area contributed by atoms with Gasteiger partial charge in [-0.15, -0.1) is 11.3 Å². The summed E-state index contributed by atoms with van der Waals surface area (Å²) < 4.78 is 5.16. The van der Waals surface area contributed by atoms with Crippen LogP contribution >= 0.6 is 11.3 Å². The lowest BCUT2D eigenvalue weighted by atomic mass is 10.3. The normalized spacial score (nSPS) is 16.9. The van der Waals surface area contributed by atoms with Gasteiger partial charge in [-0.3, -0.25) is 0 Å². The summed E-state index contributed by atoms with van der Waals surface area (Å²) in [6.07, 6.45) is 5.07. The van der Waals surface area contributed by atoms with Crippen LogP contribution in [-0.2, 0) is 11.2 Å². The number of fused-ring (bicyclic) bond motifs is 1. The zero-order valence-electron chi connectivity index (χ0n) is 14.1. The molecular formula is C17H26N4OS. The maximum atomic E-state index is 5.16. The van der Waals surface area contributed by atoms with Crippen molar-refractivity contribution in [2.45, 2.75) is 26.2 Å². The number of anilines is 1. The summed E-state index contributed by atoms with van der Waals surface area (Å²) >= 11 is 1.79. The molecule has 2 aromatic rings. The first-order valence-corrected chi connectivity index (χ1v) is 9.33. The van der Waals surface area contributed by atoms with Crippen LogP contribution in [0.5, 0.6) is 0 Å². The molecule has 0 aliphatic carbocycles. The number of nitrogens with zero attached hydrogens (tertiary/aromatic N) is 4. The Morgan fingerprint density at radius 3 is 2.96 bits per heavy atom. The van der Waals surface area contributed by atoms with Crippen LogP contribution in [0.4, 0.5) is 5.82 Å². The van der Waals surface area contributed by atoms with E-state index in [9.17, 15) is 0 Å². The minimum atomic E-state index is 0.849. The molecule has 5 nitrogen and oxygen atoms in total. The monoisotopic (exact) mass is 334 g/mol. The third kappa shape index (κ3) is 4.00. The van der Waals surface area contributed by atoms with Crippen molar-refractivity contribution < 1.29 is 4.74 Å². The standard InChI is InChI=1S/C17H26N4OS/c1-3-14-12-15-16(18-13-19-17(15)23-14)21-8-4-6-20(9-10-21)7-5-11-22-2/h12-13H,3-11H2,1-2H3. The molecule has 126 valence electrons. The molecule has 0 N–H and O–H groups in total. The number of hydrogen-bond acceptors (Lipinski definition) is 6. The van der Waals surface area contributed by atoms with E-state index in [4.69, 9.17) is 4.74 Å². The average molecular weight is 334 g/mol. The van der Waals surface area contributed by atoms with Crippen molar-refractivity contribution in [3.05, 3.63) is 17.3 Å². The molecule has 6 heteroatoms. The number of rotatable bonds is 6. The second kappa shape index (κ2) is 8.04. The van der Waals surface area contributed by atoms with E-state index in [1.165, 1.54) is 16.7 Å². The van der Waals surface area contributed by atoms with Gasteiger partial charge in [-0.1, -0.05) is 6.92 Å². The summed E-state index contributed by atoms with van der Waals surface area (Å²) in [7, 11) is 1.77. The Bertz CT molecular complexity index is 630. The number of thiophene rings is 1. The fourth-order valence-electron chi connectivity index (χ4n) is 3.16. The number of hydrogen-bond donors (Lipinski definition) is 0. The van der Waals surface area contributed by atoms with Gasteiger partial charge in [0.1, 0.15) is 17.0 Å². The quantitative estimate of drug-likeness (QED) is 0.760. The molecule has 1 aliphatic heterocycles. The van der Waals surface area contributed by atoms with Gasteiger partial charge in [0.2, 0.25) is 0 Å². The van der Waals surface area contributed by atoms with Crippen molar-refractivity contribution in [3.8, 4) is 0 Å². The fraction of sp³-hybridized carbons (Fsp3) is 0.647. The third-order valence-electron chi connectivity index (χ3n) is 4.42. The first kappa shape index (κ1) is 16.6. The average Bonchev–Trinajstić information content (AvgIpc) is 2.87. The smallest absolute Gasteiger partial charge is 0.140 e. The molecule has 1 fully saturated rings. The van der Waals surface area contributed by atoms with Crippen LogP contribution < -0.4 is 4.90 Å². The highest BCUT2D eigenvalue weighted by atomic mass is 32.1. The number of aryl methyl sites for hydroxylation is 1. The minimum Gasteiger partial charge on any atom is -0.385 e. The maximum Gasteiger partial charge on any atom is 0.140 e. The van der Waals surface area contributed by atoms with Crippen LogP contribution in [0.2, 0.25) is 0 Å². The third-order valence-corrected chi connectivity index (χ3v) is 5.61. The summed E-state index contributed by atoms with van der Waals surface area (Å²) in [6.45, 7) is 8.54. The number of methoxy groups -OCH3 is 1. The van der Waals surface area contributed by atoms with Crippen LogP contribution in [0.15, 0.2) is 12.4 Å². The Kier molecular flexibility index (Phi) is 5.80. The molecule has 0 bridgehead atoms. The molecule has 3 rings (SSSR count). The second-order valence-electron chi connectivity index (χ2n) is 6.01. The molecule has 3 heterocycles. The van der Waals surface area contributed by atoms with Crippen molar-refractivity contribution in [2.75, 3.05) is 51.3 Å². The van der Waals surface area contributed by atoms with Crippen molar-refractivity contribution in [1.29, 1.82) is 0 Å². The molecule has 23 heavy (non-hydrogen) atoms. The number of ether oxygens (including phenoxy) is 1. The van der Waals surface area contributed by atoms with Gasteiger partial charge >= 0.3 is 0 Å². The topological polar surface area (TPSA) is 41.5 Å². The molecule has 1 saturated heterocycles. The zero-order valence-corrected chi connectivity index (χ0v) is 14.9. The summed E-state index contributed by atoms with van der Waals surface area (Å²) in [4.78, 5) is 16.5. The van der Waals surface area contributed by atoms with E-state index < -0.39 is 0 Å². The Morgan fingerprint density at radius 1 is 1.22 bits per heavy atom. The Hall–Kier alpha value is -1.24. The van der Waals surface area contributed by atoms with Gasteiger partial charge in [-0.25, -0.2) is 9.97 Å². The van der Waals surface area contributed by atoms with Gasteiger partial charge in [-0.2, -0.15) is 0 Å². The van der Waals surface area contributed by atoms with E-state index in [2.05, 4.69) is 32.8 Å². The highest BCUT2D eigenvalue weighted by Gasteiger charge is 2.18. The van der Waals surface area contributed by atoms with E-state index in [0.29, 0.717) is 0 Å². The van der Waals surface area contributed by atoms with Crippen LogP contribution in [0, 0.1) is 0 Å². The largest absolute Gasteiger partial charge is 0.385 e. The van der Waals surface area contributed by atoms with Crippen LogP contribution in [0.3, 0.4) is 0 Å². The fourth-order valence-corrected chi connectivity index (χ4v) is 4.09. The van der Waals surface area contributed by atoms with Gasteiger partial charge in [-0.05, 0) is 31.9 Å². The molecule has 2 aromatic heterocycles. The van der Waals surface area contributed by atoms with E-state index >= 15 is 0 Å². The Morgan fingerprint density at radius 2 is 2.13 bits per heavy atom. The van der Waals surface area contributed by atoms with Gasteiger partial charge < -0.3 is 14.5 Å². The molecule has 0 radical (unpaired) electrons. The summed E-state index contributed by atoms with van der Waals surface area (Å²) in [5.41, 5.74) is 0. The highest BCUT2D eigenvalue weighted by molar-refractivity contribution is 7.18. The molecule has 0 unspecified atom stereocenters. The van der Waals surface area contributed by atoms with Crippen molar-refractivity contribution in [3.63, 3.8) is 0 Å². The lowest BCUT2D eigenvalue weighted by molar-refractivity contribution is 0.174. The van der Waals surface area contributed by atoms with E-state index in [0.717, 1.165) is 62.8 Å². The van der Waals surface area contributed by atoms with E-state index in [1.54, 1.807) is 24.8 Å². The molecule has 0 spiro atoms. The summed E-state index contributed by atoms with van der Waals surface area (Å²) in [6, 6.07) is 2.27. The van der Waals surface area contributed by atoms with Gasteiger partial charge in [0.05, 0.1) is 5.39 Å². The Labute approximate surface area is 142 Å². The van der Waals surface area contributed by atoms with Crippen LogP contribution in [0.1, 0.15) is 24.6 Å². The molecule has 0 saturated carbocycles. The second-order valence-corrected chi connectivity index (χ2v) is 7.13. The highest BCUT2D eigenvalue weighted by Crippen LogP contribution is 2.30. The lowest BCUT2D eigenvalue weighted by Gasteiger charge is -2.23. The van der Waals surface area contributed by atoms with Gasteiger partial charge in [0, 0.05) is 44.8 Å². The summed E-state index contributed by atoms with van der Waals surface area (Å²) in [5.74, 6) is 1.12. The molecule has 0 amide bonds. The molecule has 1 aliphatic rings.